The first-order chi connectivity index (χ1) is 12.8. The van der Waals surface area contributed by atoms with Gasteiger partial charge in [0, 0.05) is 24.7 Å². The van der Waals surface area contributed by atoms with Crippen molar-refractivity contribution < 1.29 is 13.2 Å². The fourth-order valence-corrected chi connectivity index (χ4v) is 4.58. The number of nitrogens with zero attached hydrogens (tertiary/aromatic N) is 1. The van der Waals surface area contributed by atoms with Gasteiger partial charge in [-0.25, -0.2) is 8.42 Å². The van der Waals surface area contributed by atoms with Crippen molar-refractivity contribution in [3.05, 3.63) is 63.6 Å². The maximum Gasteiger partial charge on any atom is 0.252 e. The summed E-state index contributed by atoms with van der Waals surface area (Å²) >= 11 is 11.9. The van der Waals surface area contributed by atoms with Crippen LogP contribution in [0.25, 0.3) is 0 Å². The van der Waals surface area contributed by atoms with E-state index in [4.69, 9.17) is 23.2 Å². The van der Waals surface area contributed by atoms with E-state index in [-0.39, 0.29) is 10.8 Å². The van der Waals surface area contributed by atoms with Crippen LogP contribution in [0.5, 0.6) is 0 Å². The van der Waals surface area contributed by atoms with Gasteiger partial charge in [0.15, 0.2) is 0 Å². The van der Waals surface area contributed by atoms with Gasteiger partial charge in [-0.1, -0.05) is 49.2 Å². The summed E-state index contributed by atoms with van der Waals surface area (Å²) in [4.78, 5) is 12.4. The molecule has 0 bridgehead atoms. The zero-order valence-corrected chi connectivity index (χ0v) is 17.5. The lowest BCUT2D eigenvalue weighted by Crippen LogP contribution is -2.30. The van der Waals surface area contributed by atoms with Crippen LogP contribution in [-0.2, 0) is 16.4 Å². The highest BCUT2D eigenvalue weighted by Crippen LogP contribution is 2.21. The van der Waals surface area contributed by atoms with Crippen molar-refractivity contribution in [3.63, 3.8) is 0 Å². The number of amides is 1. The van der Waals surface area contributed by atoms with Crippen LogP contribution in [0.4, 0.5) is 0 Å². The minimum Gasteiger partial charge on any atom is -0.352 e. The highest BCUT2D eigenvalue weighted by molar-refractivity contribution is 7.89. The van der Waals surface area contributed by atoms with Gasteiger partial charge in [0.05, 0.1) is 15.5 Å². The molecular weight excluding hydrogens is 407 g/mol. The summed E-state index contributed by atoms with van der Waals surface area (Å²) in [5, 5.41) is 3.56. The molecule has 0 fully saturated rings. The van der Waals surface area contributed by atoms with Crippen LogP contribution in [0.2, 0.25) is 10.0 Å². The summed E-state index contributed by atoms with van der Waals surface area (Å²) in [6.45, 7) is 4.88. The van der Waals surface area contributed by atoms with Gasteiger partial charge in [-0.15, -0.1) is 0 Å². The lowest BCUT2D eigenvalue weighted by molar-refractivity contribution is 0.0954. The van der Waals surface area contributed by atoms with E-state index < -0.39 is 10.0 Å². The highest BCUT2D eigenvalue weighted by Gasteiger charge is 2.21. The van der Waals surface area contributed by atoms with E-state index in [0.717, 1.165) is 5.56 Å². The SMILES string of the molecule is CCN(CC)S(=O)(=O)c1ccc(CCNC(=O)c2ccc(Cl)cc2Cl)cc1. The van der Waals surface area contributed by atoms with E-state index in [1.807, 2.05) is 13.8 Å². The Balaban J connectivity index is 1.96. The summed E-state index contributed by atoms with van der Waals surface area (Å²) in [6.07, 6.45) is 0.572. The molecule has 0 saturated heterocycles. The number of halogens is 2. The van der Waals surface area contributed by atoms with Gasteiger partial charge in [-0.2, -0.15) is 4.31 Å². The Morgan fingerprint density at radius 3 is 2.22 bits per heavy atom. The van der Waals surface area contributed by atoms with Crippen LogP contribution >= 0.6 is 23.2 Å². The second-order valence-electron chi connectivity index (χ2n) is 5.86. The van der Waals surface area contributed by atoms with Crippen molar-refractivity contribution in [1.29, 1.82) is 0 Å². The number of carbonyl (C=O) groups excluding carboxylic acids is 1. The number of carbonyl (C=O) groups is 1. The van der Waals surface area contributed by atoms with Crippen molar-refractivity contribution in [2.45, 2.75) is 25.2 Å². The molecule has 0 heterocycles. The molecule has 0 unspecified atom stereocenters. The fourth-order valence-electron chi connectivity index (χ4n) is 2.63. The second kappa shape index (κ2) is 9.55. The first-order valence-electron chi connectivity index (χ1n) is 8.62. The minimum atomic E-state index is -3.46. The summed E-state index contributed by atoms with van der Waals surface area (Å²) in [7, 11) is -3.46. The quantitative estimate of drug-likeness (QED) is 0.690. The van der Waals surface area contributed by atoms with Crippen LogP contribution < -0.4 is 5.32 Å². The van der Waals surface area contributed by atoms with Crippen molar-refractivity contribution in [2.24, 2.45) is 0 Å². The average Bonchev–Trinajstić information content (AvgIpc) is 2.62. The molecule has 1 amide bonds. The molecule has 0 aliphatic heterocycles. The number of rotatable bonds is 8. The van der Waals surface area contributed by atoms with Crippen LogP contribution in [0.1, 0.15) is 29.8 Å². The molecule has 1 N–H and O–H groups in total. The fraction of sp³-hybridized carbons (Fsp3) is 0.316. The smallest absolute Gasteiger partial charge is 0.252 e. The van der Waals surface area contributed by atoms with Crippen LogP contribution in [0.15, 0.2) is 47.4 Å². The van der Waals surface area contributed by atoms with Gasteiger partial charge in [0.2, 0.25) is 10.0 Å². The van der Waals surface area contributed by atoms with E-state index in [9.17, 15) is 13.2 Å². The van der Waals surface area contributed by atoms with Gasteiger partial charge in [-0.3, -0.25) is 4.79 Å². The molecule has 0 aliphatic rings. The van der Waals surface area contributed by atoms with E-state index in [2.05, 4.69) is 5.32 Å². The highest BCUT2D eigenvalue weighted by atomic mass is 35.5. The average molecular weight is 429 g/mol. The minimum absolute atomic E-state index is 0.270. The first-order valence-corrected chi connectivity index (χ1v) is 10.8. The molecule has 27 heavy (non-hydrogen) atoms. The lowest BCUT2D eigenvalue weighted by atomic mass is 10.1. The lowest BCUT2D eigenvalue weighted by Gasteiger charge is -2.18. The van der Waals surface area contributed by atoms with Gasteiger partial charge < -0.3 is 5.32 Å². The third kappa shape index (κ3) is 5.45. The molecule has 146 valence electrons. The zero-order valence-electron chi connectivity index (χ0n) is 15.2. The zero-order chi connectivity index (χ0) is 20.0. The summed E-state index contributed by atoms with van der Waals surface area (Å²) in [5.74, 6) is -0.280. The largest absolute Gasteiger partial charge is 0.352 e. The maximum atomic E-state index is 12.5. The molecule has 0 aromatic heterocycles. The molecule has 2 aromatic carbocycles. The molecule has 0 atom stereocenters. The van der Waals surface area contributed by atoms with Gasteiger partial charge in [0.1, 0.15) is 0 Å². The second-order valence-corrected chi connectivity index (χ2v) is 8.64. The number of sulfonamides is 1. The standard InChI is InChI=1S/C19H22Cl2N2O3S/c1-3-23(4-2)27(25,26)16-8-5-14(6-9-16)11-12-22-19(24)17-10-7-15(20)13-18(17)21/h5-10,13H,3-4,11-12H2,1-2H3,(H,22,24). The Labute approximate surface area is 170 Å². The van der Waals surface area contributed by atoms with E-state index in [1.54, 1.807) is 36.4 Å². The van der Waals surface area contributed by atoms with Crippen molar-refractivity contribution >= 4 is 39.1 Å². The summed E-state index contributed by atoms with van der Waals surface area (Å²) < 4.78 is 26.4. The molecule has 0 aliphatic carbocycles. The molecule has 2 rings (SSSR count). The Bertz CT molecular complexity index is 896. The molecule has 5 nitrogen and oxygen atoms in total. The van der Waals surface area contributed by atoms with Crippen LogP contribution in [-0.4, -0.2) is 38.3 Å². The van der Waals surface area contributed by atoms with Gasteiger partial charge in [0.25, 0.3) is 5.91 Å². The maximum absolute atomic E-state index is 12.5. The number of hydrogen-bond acceptors (Lipinski definition) is 3. The third-order valence-electron chi connectivity index (χ3n) is 4.14. The van der Waals surface area contributed by atoms with Crippen LogP contribution in [0.3, 0.4) is 0 Å². The Kier molecular flexibility index (Phi) is 7.68. The summed E-state index contributed by atoms with van der Waals surface area (Å²) in [6, 6.07) is 11.4. The van der Waals surface area contributed by atoms with Crippen molar-refractivity contribution in [1.82, 2.24) is 9.62 Å². The normalized spacial score (nSPS) is 11.6. The Hall–Kier alpha value is -1.60. The number of hydrogen-bond donors (Lipinski definition) is 1. The molecule has 0 spiro atoms. The predicted molar refractivity (Wildman–Crippen MR) is 109 cm³/mol. The van der Waals surface area contributed by atoms with Crippen LogP contribution in [0, 0.1) is 0 Å². The van der Waals surface area contributed by atoms with E-state index in [1.165, 1.54) is 10.4 Å². The molecular formula is C19H22Cl2N2O3S. The molecule has 8 heteroatoms. The summed E-state index contributed by atoms with van der Waals surface area (Å²) in [5.41, 5.74) is 1.29. The Morgan fingerprint density at radius 1 is 1.04 bits per heavy atom. The van der Waals surface area contributed by atoms with Gasteiger partial charge in [-0.05, 0) is 42.3 Å². The Morgan fingerprint density at radius 2 is 1.67 bits per heavy atom. The molecule has 0 saturated carbocycles. The monoisotopic (exact) mass is 428 g/mol. The predicted octanol–water partition coefficient (Wildman–Crippen LogP) is 4.00. The molecule has 0 radical (unpaired) electrons. The number of nitrogens with one attached hydrogen (secondary N) is 1. The topological polar surface area (TPSA) is 66.5 Å². The van der Waals surface area contributed by atoms with E-state index in [0.29, 0.717) is 41.7 Å². The molecule has 2 aromatic rings. The van der Waals surface area contributed by atoms with Crippen molar-refractivity contribution in [2.75, 3.05) is 19.6 Å². The first kappa shape index (κ1) is 21.7. The number of benzene rings is 2. The van der Waals surface area contributed by atoms with Gasteiger partial charge >= 0.3 is 0 Å². The third-order valence-corrected chi connectivity index (χ3v) is 6.75. The van der Waals surface area contributed by atoms with E-state index >= 15 is 0 Å². The van der Waals surface area contributed by atoms with Crippen molar-refractivity contribution in [3.8, 4) is 0 Å².